The summed E-state index contributed by atoms with van der Waals surface area (Å²) in [5.74, 6) is 5.96. The molecule has 190 valence electrons. The maximum absolute atomic E-state index is 13.0. The fourth-order valence-electron chi connectivity index (χ4n) is 3.68. The van der Waals surface area contributed by atoms with Gasteiger partial charge in [-0.25, -0.2) is 9.18 Å². The molecule has 0 aliphatic heterocycles. The predicted octanol–water partition coefficient (Wildman–Crippen LogP) is 7.56. The van der Waals surface area contributed by atoms with Crippen LogP contribution in [0.4, 0.5) is 10.1 Å². The number of allylic oxidation sites excluding steroid dienone is 2. The number of aryl methyl sites for hydroxylation is 1. The van der Waals surface area contributed by atoms with Gasteiger partial charge in [0.15, 0.2) is 0 Å². The van der Waals surface area contributed by atoms with E-state index in [1.54, 1.807) is 12.2 Å². The first kappa shape index (κ1) is 28.7. The average Bonchev–Trinajstić information content (AvgIpc) is 2.91. The number of halogens is 1. The van der Waals surface area contributed by atoms with Gasteiger partial charge in [0.2, 0.25) is 0 Å². The fraction of sp³-hybridized carbons (Fsp3) is 0.344. The lowest BCUT2D eigenvalue weighted by Gasteiger charge is -2.26. The van der Waals surface area contributed by atoms with E-state index in [9.17, 15) is 9.18 Å². The van der Waals surface area contributed by atoms with Crippen molar-refractivity contribution in [3.8, 4) is 11.8 Å². The van der Waals surface area contributed by atoms with Gasteiger partial charge >= 0.3 is 5.97 Å². The number of methoxy groups -OCH3 is 1. The zero-order valence-electron chi connectivity index (χ0n) is 21.9. The first-order chi connectivity index (χ1) is 17.5. The highest BCUT2D eigenvalue weighted by Gasteiger charge is 2.13. The number of carbonyl (C=O) groups excluding carboxylic acids is 1. The molecule has 0 atom stereocenters. The molecular formula is C32H38FNO2. The Morgan fingerprint density at radius 3 is 2.14 bits per heavy atom. The summed E-state index contributed by atoms with van der Waals surface area (Å²) in [6.07, 6.45) is 11.3. The molecule has 0 heterocycles. The third-order valence-electron chi connectivity index (χ3n) is 5.75. The summed E-state index contributed by atoms with van der Waals surface area (Å²) in [4.78, 5) is 14.0. The number of hydrogen-bond donors (Lipinski definition) is 0. The van der Waals surface area contributed by atoms with Gasteiger partial charge in [-0.2, -0.15) is 0 Å². The number of anilines is 1. The van der Waals surface area contributed by atoms with Crippen molar-refractivity contribution in [3.63, 3.8) is 0 Å². The maximum atomic E-state index is 13.0. The molecule has 0 amide bonds. The third-order valence-corrected chi connectivity index (χ3v) is 5.75. The highest BCUT2D eigenvalue weighted by molar-refractivity contribution is 5.91. The molecule has 0 spiro atoms. The first-order valence-corrected chi connectivity index (χ1v) is 12.7. The molecule has 0 bridgehead atoms. The molecule has 0 aliphatic rings. The predicted molar refractivity (Wildman–Crippen MR) is 149 cm³/mol. The lowest BCUT2D eigenvalue weighted by Crippen LogP contribution is -2.23. The van der Waals surface area contributed by atoms with Gasteiger partial charge in [-0.05, 0) is 73.4 Å². The Balaban J connectivity index is 2.28. The number of carbonyl (C=O) groups is 1. The van der Waals surface area contributed by atoms with E-state index in [0.717, 1.165) is 49.0 Å². The summed E-state index contributed by atoms with van der Waals surface area (Å²) in [6, 6.07) is 16.4. The smallest absolute Gasteiger partial charge is 0.337 e. The van der Waals surface area contributed by atoms with Gasteiger partial charge < -0.3 is 9.64 Å². The Morgan fingerprint density at radius 1 is 0.972 bits per heavy atom. The molecule has 0 aliphatic carbocycles. The van der Waals surface area contributed by atoms with E-state index in [-0.39, 0.29) is 5.57 Å². The zero-order valence-corrected chi connectivity index (χ0v) is 21.9. The van der Waals surface area contributed by atoms with Crippen molar-refractivity contribution in [1.82, 2.24) is 0 Å². The van der Waals surface area contributed by atoms with E-state index in [1.165, 1.54) is 31.6 Å². The normalized spacial score (nSPS) is 11.2. The van der Waals surface area contributed by atoms with Crippen LogP contribution in [0.25, 0.3) is 0 Å². The van der Waals surface area contributed by atoms with Crippen molar-refractivity contribution in [2.24, 2.45) is 0 Å². The molecule has 0 saturated heterocycles. The first-order valence-electron chi connectivity index (χ1n) is 12.7. The summed E-state index contributed by atoms with van der Waals surface area (Å²) in [5.41, 5.74) is 5.07. The van der Waals surface area contributed by atoms with Gasteiger partial charge in [0.1, 0.15) is 6.67 Å². The molecule has 4 heteroatoms. The summed E-state index contributed by atoms with van der Waals surface area (Å²) < 4.78 is 17.8. The van der Waals surface area contributed by atoms with Crippen LogP contribution >= 0.6 is 0 Å². The van der Waals surface area contributed by atoms with Crippen molar-refractivity contribution in [2.45, 2.75) is 52.4 Å². The molecule has 0 unspecified atom stereocenters. The monoisotopic (exact) mass is 487 g/mol. The van der Waals surface area contributed by atoms with E-state index in [1.807, 2.05) is 24.3 Å². The van der Waals surface area contributed by atoms with Crippen LogP contribution in [0.1, 0.15) is 62.6 Å². The van der Waals surface area contributed by atoms with Crippen LogP contribution in [0, 0.1) is 11.8 Å². The topological polar surface area (TPSA) is 29.5 Å². The summed E-state index contributed by atoms with van der Waals surface area (Å²) in [5, 5.41) is 0. The lowest BCUT2D eigenvalue weighted by molar-refractivity contribution is -0.135. The van der Waals surface area contributed by atoms with Crippen molar-refractivity contribution < 1.29 is 13.9 Å². The van der Waals surface area contributed by atoms with E-state index in [0.29, 0.717) is 5.70 Å². The number of ether oxygens (including phenoxy) is 1. The molecule has 0 radical (unpaired) electrons. The lowest BCUT2D eigenvalue weighted by atomic mass is 10.1. The van der Waals surface area contributed by atoms with Gasteiger partial charge in [-0.1, -0.05) is 69.7 Å². The minimum Gasteiger partial charge on any atom is -0.465 e. The summed E-state index contributed by atoms with van der Waals surface area (Å²) >= 11 is 0. The van der Waals surface area contributed by atoms with E-state index < -0.39 is 12.6 Å². The summed E-state index contributed by atoms with van der Waals surface area (Å²) in [7, 11) is 1.32. The Bertz CT molecular complexity index is 1090. The van der Waals surface area contributed by atoms with Crippen LogP contribution in [0.15, 0.2) is 84.6 Å². The van der Waals surface area contributed by atoms with Crippen molar-refractivity contribution in [2.75, 3.05) is 25.2 Å². The van der Waals surface area contributed by atoms with Crippen molar-refractivity contribution in [1.29, 1.82) is 0 Å². The SMILES string of the molecule is C=C(/C=C(\C=C/CF)N(CCCCC)c1ccc(C#Cc2ccc(CCCC)cc2)cc1)C(=O)OC. The second-order valence-electron chi connectivity index (χ2n) is 8.60. The molecule has 0 saturated carbocycles. The standard InChI is InChI=1S/C32H38FNO2/c1-5-7-9-24-34(31(12-10-23-33)25-26(3)32(35)36-4)30-21-19-29(20-22-30)18-17-28-15-13-27(14-16-28)11-8-6-2/h10,12-16,19-22,25H,3,5-9,11,23-24H2,1-2,4H3/b12-10-,31-25+. The van der Waals surface area contributed by atoms with Gasteiger partial charge in [-0.15, -0.1) is 0 Å². The third kappa shape index (κ3) is 9.58. The number of unbranched alkanes of at least 4 members (excludes halogenated alkanes) is 3. The molecule has 36 heavy (non-hydrogen) atoms. The second kappa shape index (κ2) is 16.2. The average molecular weight is 488 g/mol. The van der Waals surface area contributed by atoms with Crippen LogP contribution < -0.4 is 4.90 Å². The quantitative estimate of drug-likeness (QED) is 0.0960. The maximum Gasteiger partial charge on any atom is 0.337 e. The Hall–Kier alpha value is -3.58. The number of hydrogen-bond acceptors (Lipinski definition) is 3. The zero-order chi connectivity index (χ0) is 26.2. The molecule has 2 aromatic rings. The Kier molecular flexibility index (Phi) is 12.9. The minimum atomic E-state index is -0.598. The molecular weight excluding hydrogens is 449 g/mol. The van der Waals surface area contributed by atoms with Crippen LogP contribution in [0.5, 0.6) is 0 Å². The number of alkyl halides is 1. The van der Waals surface area contributed by atoms with Gasteiger partial charge in [0.25, 0.3) is 0 Å². The number of nitrogens with zero attached hydrogens (tertiary/aromatic N) is 1. The summed E-state index contributed by atoms with van der Waals surface area (Å²) in [6.45, 7) is 8.28. The van der Waals surface area contributed by atoms with Crippen LogP contribution in [-0.2, 0) is 16.0 Å². The highest BCUT2D eigenvalue weighted by atomic mass is 19.1. The molecule has 0 fully saturated rings. The van der Waals surface area contributed by atoms with Crippen molar-refractivity contribution in [3.05, 3.63) is 101 Å². The number of rotatable bonds is 13. The van der Waals surface area contributed by atoms with Gasteiger partial charge in [-0.3, -0.25) is 0 Å². The molecule has 0 aromatic heterocycles. The van der Waals surface area contributed by atoms with E-state index >= 15 is 0 Å². The second-order valence-corrected chi connectivity index (χ2v) is 8.60. The number of esters is 1. The van der Waals surface area contributed by atoms with Crippen LogP contribution in [0.2, 0.25) is 0 Å². The largest absolute Gasteiger partial charge is 0.465 e. The molecule has 3 nitrogen and oxygen atoms in total. The number of benzene rings is 2. The van der Waals surface area contributed by atoms with Crippen molar-refractivity contribution >= 4 is 11.7 Å². The van der Waals surface area contributed by atoms with E-state index in [2.05, 4.69) is 61.4 Å². The van der Waals surface area contributed by atoms with Gasteiger partial charge in [0, 0.05) is 29.1 Å². The molecule has 0 N–H and O–H groups in total. The van der Waals surface area contributed by atoms with E-state index in [4.69, 9.17) is 4.74 Å². The van der Waals surface area contributed by atoms with Gasteiger partial charge in [0.05, 0.1) is 12.7 Å². The highest BCUT2D eigenvalue weighted by Crippen LogP contribution is 2.23. The Morgan fingerprint density at radius 2 is 1.58 bits per heavy atom. The van der Waals surface area contributed by atoms with Crippen LogP contribution in [0.3, 0.4) is 0 Å². The molecule has 2 aromatic carbocycles. The minimum absolute atomic E-state index is 0.208. The molecule has 2 rings (SSSR count). The fourth-order valence-corrected chi connectivity index (χ4v) is 3.68. The van der Waals surface area contributed by atoms with Crippen LogP contribution in [-0.4, -0.2) is 26.3 Å². The Labute approximate surface area is 216 Å².